The van der Waals surface area contributed by atoms with E-state index in [4.69, 9.17) is 0 Å². The van der Waals surface area contributed by atoms with Crippen molar-refractivity contribution in [1.29, 1.82) is 0 Å². The summed E-state index contributed by atoms with van der Waals surface area (Å²) in [7, 11) is 0. The molecule has 1 N–H and O–H groups in total. The molecular formula is C19H24N4OS2. The minimum Gasteiger partial charge on any atom is -0.354 e. The fraction of sp³-hybridized carbons (Fsp3) is 0.421. The van der Waals surface area contributed by atoms with Crippen molar-refractivity contribution < 1.29 is 4.79 Å². The minimum absolute atomic E-state index is 0.0280. The largest absolute Gasteiger partial charge is 0.354 e. The molecular weight excluding hydrogens is 364 g/mol. The number of thioether (sulfide) groups is 2. The van der Waals surface area contributed by atoms with Crippen molar-refractivity contribution >= 4 is 40.9 Å². The molecule has 0 radical (unpaired) electrons. The van der Waals surface area contributed by atoms with E-state index < -0.39 is 0 Å². The molecule has 0 saturated carbocycles. The first-order valence-electron chi connectivity index (χ1n) is 8.81. The van der Waals surface area contributed by atoms with E-state index in [-0.39, 0.29) is 5.91 Å². The smallest absolute Gasteiger partial charge is 0.234 e. The number of benzene rings is 1. The van der Waals surface area contributed by atoms with Gasteiger partial charge in [-0.25, -0.2) is 9.97 Å². The van der Waals surface area contributed by atoms with Crippen molar-refractivity contribution in [2.45, 2.75) is 42.1 Å². The summed E-state index contributed by atoms with van der Waals surface area (Å²) in [6.45, 7) is 3.28. The van der Waals surface area contributed by atoms with E-state index >= 15 is 0 Å². The summed E-state index contributed by atoms with van der Waals surface area (Å²) in [5.74, 6) is 1.26. The van der Waals surface area contributed by atoms with Crippen LogP contribution in [0.15, 0.2) is 46.6 Å². The van der Waals surface area contributed by atoms with Crippen molar-refractivity contribution in [2.75, 3.05) is 28.8 Å². The Morgan fingerprint density at radius 1 is 1.31 bits per heavy atom. The van der Waals surface area contributed by atoms with E-state index in [1.54, 1.807) is 18.1 Å². The predicted molar refractivity (Wildman–Crippen MR) is 110 cm³/mol. The quantitative estimate of drug-likeness (QED) is 0.588. The highest BCUT2D eigenvalue weighted by molar-refractivity contribution is 8.00. The van der Waals surface area contributed by atoms with Gasteiger partial charge < -0.3 is 10.2 Å². The lowest BCUT2D eigenvalue weighted by atomic mass is 10.0. The Labute approximate surface area is 163 Å². The van der Waals surface area contributed by atoms with Crippen molar-refractivity contribution in [1.82, 2.24) is 9.97 Å². The van der Waals surface area contributed by atoms with Gasteiger partial charge in [-0.1, -0.05) is 17.8 Å². The number of hydrogen-bond donors (Lipinski definition) is 1. The fourth-order valence-corrected chi connectivity index (χ4v) is 4.16. The Bertz CT molecular complexity index is 756. The van der Waals surface area contributed by atoms with Crippen LogP contribution in [0.4, 0.5) is 11.5 Å². The lowest BCUT2D eigenvalue weighted by Gasteiger charge is -2.34. The van der Waals surface area contributed by atoms with E-state index in [1.807, 2.05) is 36.6 Å². The average molecular weight is 389 g/mol. The first kappa shape index (κ1) is 19.0. The molecule has 3 rings (SSSR count). The summed E-state index contributed by atoms with van der Waals surface area (Å²) in [5, 5.41) is 3.78. The van der Waals surface area contributed by atoms with Crippen LogP contribution in [0.1, 0.15) is 26.2 Å². The van der Waals surface area contributed by atoms with Crippen molar-refractivity contribution in [3.63, 3.8) is 0 Å². The Morgan fingerprint density at radius 2 is 2.19 bits per heavy atom. The number of amides is 1. The van der Waals surface area contributed by atoms with Crippen LogP contribution in [0.2, 0.25) is 0 Å². The highest BCUT2D eigenvalue weighted by atomic mass is 32.2. The van der Waals surface area contributed by atoms with Gasteiger partial charge in [-0.3, -0.25) is 4.79 Å². The predicted octanol–water partition coefficient (Wildman–Crippen LogP) is 4.31. The number of aromatic nitrogens is 2. The van der Waals surface area contributed by atoms with E-state index in [0.717, 1.165) is 28.0 Å². The van der Waals surface area contributed by atoms with Gasteiger partial charge in [-0.2, -0.15) is 0 Å². The number of anilines is 2. The first-order valence-corrected chi connectivity index (χ1v) is 11.0. The molecule has 7 heteroatoms. The molecule has 1 saturated heterocycles. The lowest BCUT2D eigenvalue weighted by Crippen LogP contribution is -2.38. The second kappa shape index (κ2) is 9.28. The van der Waals surface area contributed by atoms with Crippen LogP contribution in [-0.4, -0.2) is 40.5 Å². The second-order valence-electron chi connectivity index (χ2n) is 6.32. The molecule has 26 heavy (non-hydrogen) atoms. The van der Waals surface area contributed by atoms with Crippen molar-refractivity contribution in [3.05, 3.63) is 36.7 Å². The van der Waals surface area contributed by atoms with E-state index in [0.29, 0.717) is 11.8 Å². The second-order valence-corrected chi connectivity index (χ2v) is 8.20. The SMILES string of the molecule is CSc1cccc(NC(=O)CSc2cc(N3CCCCC3C)ncn2)c1. The number of rotatable bonds is 6. The Morgan fingerprint density at radius 3 is 3.00 bits per heavy atom. The van der Waals surface area contributed by atoms with Gasteiger partial charge in [0.1, 0.15) is 17.2 Å². The summed E-state index contributed by atoms with van der Waals surface area (Å²) in [6, 6.07) is 10.4. The highest BCUT2D eigenvalue weighted by Gasteiger charge is 2.20. The summed E-state index contributed by atoms with van der Waals surface area (Å²) >= 11 is 3.10. The van der Waals surface area contributed by atoms with E-state index in [2.05, 4.69) is 27.1 Å². The van der Waals surface area contributed by atoms with Gasteiger partial charge in [0.2, 0.25) is 5.91 Å². The number of hydrogen-bond acceptors (Lipinski definition) is 6. The van der Waals surface area contributed by atoms with E-state index in [1.165, 1.54) is 31.0 Å². The van der Waals surface area contributed by atoms with Crippen LogP contribution in [0.5, 0.6) is 0 Å². The maximum absolute atomic E-state index is 12.2. The first-order chi connectivity index (χ1) is 12.7. The molecule has 1 unspecified atom stereocenters. The third-order valence-electron chi connectivity index (χ3n) is 4.43. The average Bonchev–Trinajstić information content (AvgIpc) is 2.67. The zero-order valence-corrected chi connectivity index (χ0v) is 16.8. The molecule has 0 spiro atoms. The number of carbonyl (C=O) groups excluding carboxylic acids is 1. The van der Waals surface area contributed by atoms with Gasteiger partial charge in [0.25, 0.3) is 0 Å². The van der Waals surface area contributed by atoms with Crippen molar-refractivity contribution in [2.24, 2.45) is 0 Å². The molecule has 0 bridgehead atoms. The third kappa shape index (κ3) is 5.14. The topological polar surface area (TPSA) is 58.1 Å². The summed E-state index contributed by atoms with van der Waals surface area (Å²) in [5.41, 5.74) is 0.827. The summed E-state index contributed by atoms with van der Waals surface area (Å²) in [6.07, 6.45) is 7.30. The molecule has 1 aliphatic heterocycles. The molecule has 0 aliphatic carbocycles. The van der Waals surface area contributed by atoms with Crippen LogP contribution >= 0.6 is 23.5 Å². The summed E-state index contributed by atoms with van der Waals surface area (Å²) in [4.78, 5) is 24.4. The zero-order valence-electron chi connectivity index (χ0n) is 15.1. The lowest BCUT2D eigenvalue weighted by molar-refractivity contribution is -0.113. The van der Waals surface area contributed by atoms with Crippen LogP contribution in [-0.2, 0) is 4.79 Å². The van der Waals surface area contributed by atoms with Crippen LogP contribution in [0, 0.1) is 0 Å². The summed E-state index contributed by atoms with van der Waals surface area (Å²) < 4.78 is 0. The van der Waals surface area contributed by atoms with Gasteiger partial charge in [0.15, 0.2) is 0 Å². The highest BCUT2D eigenvalue weighted by Crippen LogP contribution is 2.26. The molecule has 2 aromatic rings. The molecule has 1 aliphatic rings. The molecule has 5 nitrogen and oxygen atoms in total. The molecule has 1 aromatic carbocycles. The third-order valence-corrected chi connectivity index (χ3v) is 6.08. The van der Waals surface area contributed by atoms with Crippen LogP contribution < -0.4 is 10.2 Å². The standard InChI is InChI=1S/C19H24N4OS2/c1-14-6-3-4-9-23(14)17-11-19(21-13-20-17)26-12-18(24)22-15-7-5-8-16(10-15)25-2/h5,7-8,10-11,13-14H,3-4,6,9,12H2,1-2H3,(H,22,24). The normalized spacial score (nSPS) is 17.2. The van der Waals surface area contributed by atoms with Crippen LogP contribution in [0.25, 0.3) is 0 Å². The molecule has 2 heterocycles. The van der Waals surface area contributed by atoms with E-state index in [9.17, 15) is 4.79 Å². The van der Waals surface area contributed by atoms with Gasteiger partial charge in [0, 0.05) is 29.2 Å². The molecule has 1 fully saturated rings. The number of nitrogens with zero attached hydrogens (tertiary/aromatic N) is 3. The van der Waals surface area contributed by atoms with Crippen LogP contribution in [0.3, 0.4) is 0 Å². The van der Waals surface area contributed by atoms with Gasteiger partial charge in [-0.15, -0.1) is 11.8 Å². The van der Waals surface area contributed by atoms with Crippen molar-refractivity contribution in [3.8, 4) is 0 Å². The Hall–Kier alpha value is -1.73. The molecule has 1 aromatic heterocycles. The molecule has 1 atom stereocenters. The number of piperidine rings is 1. The number of carbonyl (C=O) groups is 1. The number of nitrogens with one attached hydrogen (secondary N) is 1. The molecule has 1 amide bonds. The fourth-order valence-electron chi connectivity index (χ4n) is 3.04. The Kier molecular flexibility index (Phi) is 6.80. The maximum Gasteiger partial charge on any atom is 0.234 e. The Balaban J connectivity index is 1.57. The van der Waals surface area contributed by atoms with Gasteiger partial charge in [-0.05, 0) is 50.6 Å². The molecule has 138 valence electrons. The minimum atomic E-state index is -0.0280. The maximum atomic E-state index is 12.2. The zero-order chi connectivity index (χ0) is 18.4. The van der Waals surface area contributed by atoms with Gasteiger partial charge in [0.05, 0.1) is 5.75 Å². The monoisotopic (exact) mass is 388 g/mol. The van der Waals surface area contributed by atoms with Gasteiger partial charge >= 0.3 is 0 Å².